The van der Waals surface area contributed by atoms with Crippen LogP contribution in [0.15, 0.2) is 73.1 Å². The van der Waals surface area contributed by atoms with Gasteiger partial charge in [-0.2, -0.15) is 0 Å². The van der Waals surface area contributed by atoms with Crippen LogP contribution in [0.3, 0.4) is 0 Å². The lowest BCUT2D eigenvalue weighted by Crippen LogP contribution is -2.55. The molecule has 1 unspecified atom stereocenters. The third-order valence-electron chi connectivity index (χ3n) is 6.34. The van der Waals surface area contributed by atoms with Crippen LogP contribution in [0.1, 0.15) is 24.2 Å². The number of ether oxygens (including phenoxy) is 1. The first-order valence-corrected chi connectivity index (χ1v) is 11.2. The van der Waals surface area contributed by atoms with Gasteiger partial charge in [-0.05, 0) is 17.7 Å². The van der Waals surface area contributed by atoms with Crippen LogP contribution in [0.2, 0.25) is 0 Å². The zero-order chi connectivity index (χ0) is 22.7. The van der Waals surface area contributed by atoms with Gasteiger partial charge in [0.25, 0.3) is 5.91 Å². The minimum Gasteiger partial charge on any atom is -0.352 e. The summed E-state index contributed by atoms with van der Waals surface area (Å²) in [4.78, 5) is 32.0. The molecule has 170 valence electrons. The summed E-state index contributed by atoms with van der Waals surface area (Å²) < 4.78 is 8.45. The summed E-state index contributed by atoms with van der Waals surface area (Å²) in [5, 5.41) is 5.93. The van der Waals surface area contributed by atoms with E-state index in [1.54, 1.807) is 11.1 Å². The molecule has 2 aromatic carbocycles. The van der Waals surface area contributed by atoms with Crippen molar-refractivity contribution in [2.45, 2.75) is 37.6 Å². The van der Waals surface area contributed by atoms with Crippen molar-refractivity contribution in [2.75, 3.05) is 18.4 Å². The van der Waals surface area contributed by atoms with E-state index in [0.717, 1.165) is 17.1 Å². The molecule has 0 aliphatic carbocycles. The molecule has 2 aliphatic rings. The van der Waals surface area contributed by atoms with E-state index in [4.69, 9.17) is 4.74 Å². The molecule has 8 heteroatoms. The van der Waals surface area contributed by atoms with Crippen LogP contribution >= 0.6 is 0 Å². The SMILES string of the molecule is O=C(NCc1ccccc1)C1Cn2ccnc2C2(CCN(C(=O)Nc3ccccc3)CC2)O1. The molecule has 3 heterocycles. The number of hydrogen-bond donors (Lipinski definition) is 2. The average molecular weight is 446 g/mol. The van der Waals surface area contributed by atoms with Crippen molar-refractivity contribution in [3.8, 4) is 0 Å². The molecule has 2 N–H and O–H groups in total. The number of likely N-dealkylation sites (tertiary alicyclic amines) is 1. The number of piperidine rings is 1. The average Bonchev–Trinajstić information content (AvgIpc) is 3.34. The van der Waals surface area contributed by atoms with Gasteiger partial charge in [-0.25, -0.2) is 9.78 Å². The molecular weight excluding hydrogens is 418 g/mol. The molecule has 5 rings (SSSR count). The molecule has 0 bridgehead atoms. The second-order valence-electron chi connectivity index (χ2n) is 8.49. The lowest BCUT2D eigenvalue weighted by Gasteiger charge is -2.45. The predicted octanol–water partition coefficient (Wildman–Crippen LogP) is 3.12. The molecule has 1 atom stereocenters. The van der Waals surface area contributed by atoms with Gasteiger partial charge in [0.05, 0.1) is 6.54 Å². The largest absolute Gasteiger partial charge is 0.352 e. The van der Waals surface area contributed by atoms with Gasteiger partial charge in [0, 0.05) is 50.6 Å². The Labute approximate surface area is 192 Å². The number of fused-ring (bicyclic) bond motifs is 2. The normalized spacial score (nSPS) is 19.0. The highest BCUT2D eigenvalue weighted by Crippen LogP contribution is 2.40. The highest BCUT2D eigenvalue weighted by molar-refractivity contribution is 5.89. The molecule has 3 amide bonds. The summed E-state index contributed by atoms with van der Waals surface area (Å²) in [5.74, 6) is 0.694. The van der Waals surface area contributed by atoms with Gasteiger partial charge >= 0.3 is 6.03 Å². The van der Waals surface area contributed by atoms with Gasteiger partial charge in [0.1, 0.15) is 11.4 Å². The molecule has 1 saturated heterocycles. The summed E-state index contributed by atoms with van der Waals surface area (Å²) in [6.45, 7) is 1.92. The molecule has 8 nitrogen and oxygen atoms in total. The maximum atomic E-state index is 13.0. The number of anilines is 1. The molecule has 1 aromatic heterocycles. The van der Waals surface area contributed by atoms with E-state index < -0.39 is 11.7 Å². The quantitative estimate of drug-likeness (QED) is 0.646. The van der Waals surface area contributed by atoms with E-state index in [-0.39, 0.29) is 11.9 Å². The third-order valence-corrected chi connectivity index (χ3v) is 6.34. The first kappa shape index (κ1) is 21.2. The lowest BCUT2D eigenvalue weighted by molar-refractivity contribution is -0.171. The smallest absolute Gasteiger partial charge is 0.321 e. The number of nitrogens with zero attached hydrogens (tertiary/aromatic N) is 3. The van der Waals surface area contributed by atoms with Crippen LogP contribution in [-0.4, -0.2) is 45.6 Å². The number of aromatic nitrogens is 2. The number of carbonyl (C=O) groups excluding carboxylic acids is 2. The molecule has 3 aromatic rings. The maximum absolute atomic E-state index is 13.0. The van der Waals surface area contributed by atoms with Gasteiger partial charge < -0.3 is 24.8 Å². The summed E-state index contributed by atoms with van der Waals surface area (Å²) >= 11 is 0. The number of nitrogens with one attached hydrogen (secondary N) is 2. The second-order valence-corrected chi connectivity index (χ2v) is 8.49. The highest BCUT2D eigenvalue weighted by Gasteiger charge is 2.47. The number of benzene rings is 2. The van der Waals surface area contributed by atoms with Crippen LogP contribution in [0, 0.1) is 0 Å². The van der Waals surface area contributed by atoms with Crippen molar-refractivity contribution in [2.24, 2.45) is 0 Å². The van der Waals surface area contributed by atoms with E-state index in [2.05, 4.69) is 15.6 Å². The first-order valence-electron chi connectivity index (χ1n) is 11.2. The standard InChI is InChI=1S/C25H27N5O3/c31-22(27-17-19-7-3-1-4-8-19)21-18-30-16-13-26-23(30)25(33-21)11-14-29(15-12-25)24(32)28-20-9-5-2-6-10-20/h1-10,13,16,21H,11-12,14-15,17-18H2,(H,27,31)(H,28,32). The minimum absolute atomic E-state index is 0.132. The fourth-order valence-electron chi connectivity index (χ4n) is 4.57. The minimum atomic E-state index is -0.681. The highest BCUT2D eigenvalue weighted by atomic mass is 16.5. The predicted molar refractivity (Wildman–Crippen MR) is 123 cm³/mol. The van der Waals surface area contributed by atoms with Crippen LogP contribution in [0.5, 0.6) is 0 Å². The Bertz CT molecular complexity index is 1110. The fraction of sp³-hybridized carbons (Fsp3) is 0.320. The van der Waals surface area contributed by atoms with Gasteiger partial charge in [0.15, 0.2) is 6.10 Å². The van der Waals surface area contributed by atoms with Gasteiger partial charge in [-0.1, -0.05) is 48.5 Å². The first-order chi connectivity index (χ1) is 16.1. The van der Waals surface area contributed by atoms with Crippen molar-refractivity contribution in [3.63, 3.8) is 0 Å². The van der Waals surface area contributed by atoms with Gasteiger partial charge in [-0.3, -0.25) is 4.79 Å². The van der Waals surface area contributed by atoms with Crippen molar-refractivity contribution in [3.05, 3.63) is 84.4 Å². The molecule has 2 aliphatic heterocycles. The zero-order valence-corrected chi connectivity index (χ0v) is 18.3. The third kappa shape index (κ3) is 4.47. The molecular formula is C25H27N5O3. The topological polar surface area (TPSA) is 88.5 Å². The summed E-state index contributed by atoms with van der Waals surface area (Å²) in [5.41, 5.74) is 1.12. The Morgan fingerprint density at radius 2 is 1.73 bits per heavy atom. The Balaban J connectivity index is 1.25. The monoisotopic (exact) mass is 445 g/mol. The van der Waals surface area contributed by atoms with Crippen molar-refractivity contribution in [1.82, 2.24) is 19.8 Å². The number of rotatable bonds is 4. The second kappa shape index (κ2) is 9.07. The number of amides is 3. The lowest BCUT2D eigenvalue weighted by atomic mass is 9.88. The van der Waals surface area contributed by atoms with E-state index in [1.165, 1.54) is 0 Å². The van der Waals surface area contributed by atoms with E-state index in [9.17, 15) is 9.59 Å². The molecule has 1 fully saturated rings. The number of urea groups is 1. The zero-order valence-electron chi connectivity index (χ0n) is 18.3. The van der Waals surface area contributed by atoms with Gasteiger partial charge in [-0.15, -0.1) is 0 Å². The van der Waals surface area contributed by atoms with E-state index >= 15 is 0 Å². The Hall–Kier alpha value is -3.65. The number of carbonyl (C=O) groups is 2. The van der Waals surface area contributed by atoms with E-state index in [1.807, 2.05) is 71.4 Å². The molecule has 1 spiro atoms. The Morgan fingerprint density at radius 1 is 1.03 bits per heavy atom. The van der Waals surface area contributed by atoms with E-state index in [0.29, 0.717) is 39.0 Å². The number of imidazole rings is 1. The molecule has 0 radical (unpaired) electrons. The summed E-state index contributed by atoms with van der Waals surface area (Å²) in [6.07, 6.45) is 4.19. The number of para-hydroxylation sites is 1. The van der Waals surface area contributed by atoms with Crippen LogP contribution in [0.4, 0.5) is 10.5 Å². The summed E-state index contributed by atoms with van der Waals surface area (Å²) in [7, 11) is 0. The van der Waals surface area contributed by atoms with Crippen LogP contribution in [-0.2, 0) is 28.2 Å². The van der Waals surface area contributed by atoms with Crippen LogP contribution < -0.4 is 10.6 Å². The molecule has 33 heavy (non-hydrogen) atoms. The van der Waals surface area contributed by atoms with Crippen molar-refractivity contribution >= 4 is 17.6 Å². The fourth-order valence-corrected chi connectivity index (χ4v) is 4.57. The Morgan fingerprint density at radius 3 is 2.45 bits per heavy atom. The summed E-state index contributed by atoms with van der Waals surface area (Å²) in [6, 6.07) is 19.1. The maximum Gasteiger partial charge on any atom is 0.321 e. The molecule has 0 saturated carbocycles. The van der Waals surface area contributed by atoms with Crippen LogP contribution in [0.25, 0.3) is 0 Å². The van der Waals surface area contributed by atoms with Crippen molar-refractivity contribution < 1.29 is 14.3 Å². The number of hydrogen-bond acceptors (Lipinski definition) is 4. The Kier molecular flexibility index (Phi) is 5.83. The van der Waals surface area contributed by atoms with Gasteiger partial charge in [0.2, 0.25) is 0 Å². The van der Waals surface area contributed by atoms with Crippen molar-refractivity contribution in [1.29, 1.82) is 0 Å².